The minimum absolute atomic E-state index is 0.114. The molecule has 172 valence electrons. The number of hydrogen-bond donors (Lipinski definition) is 3. The Hall–Kier alpha value is -3.19. The average molecular weight is 520 g/mol. The fourth-order valence-electron chi connectivity index (χ4n) is 2.38. The normalized spacial score (nSPS) is 13.1. The van der Waals surface area contributed by atoms with E-state index in [0.29, 0.717) is 17.8 Å². The second kappa shape index (κ2) is 9.96. The molecule has 2 rings (SSSR count). The molecule has 0 fully saturated rings. The molecule has 0 aliphatic carbocycles. The van der Waals surface area contributed by atoms with Crippen LogP contribution in [0.5, 0.6) is 5.75 Å². The molecular formula is C19H17BrF3N3O6. The zero-order valence-corrected chi connectivity index (χ0v) is 18.0. The highest BCUT2D eigenvalue weighted by Crippen LogP contribution is 2.37. The van der Waals surface area contributed by atoms with Gasteiger partial charge in [-0.15, -0.1) is 0 Å². The molecule has 0 bridgehead atoms. The molecular weight excluding hydrogens is 503 g/mol. The molecule has 2 aromatic carbocycles. The van der Waals surface area contributed by atoms with Crippen molar-refractivity contribution in [2.45, 2.75) is 18.7 Å². The van der Waals surface area contributed by atoms with Crippen molar-refractivity contribution in [3.63, 3.8) is 0 Å². The van der Waals surface area contributed by atoms with E-state index in [9.17, 15) is 38.0 Å². The highest BCUT2D eigenvalue weighted by Gasteiger charge is 2.39. The molecule has 0 radical (unpaired) electrons. The van der Waals surface area contributed by atoms with Crippen LogP contribution in [0.3, 0.4) is 0 Å². The number of alkyl halides is 4. The minimum Gasteiger partial charge on any atom is -0.490 e. The number of rotatable bonds is 8. The van der Waals surface area contributed by atoms with Gasteiger partial charge in [-0.2, -0.15) is 13.2 Å². The first-order chi connectivity index (χ1) is 14.8. The number of nitrogens with zero attached hydrogens (tertiary/aromatic N) is 1. The number of anilines is 2. The number of hydrogen-bond acceptors (Lipinski definition) is 6. The van der Waals surface area contributed by atoms with Gasteiger partial charge in [0.05, 0.1) is 10.3 Å². The first-order valence-corrected chi connectivity index (χ1v) is 9.94. The zero-order chi connectivity index (χ0) is 24.1. The lowest BCUT2D eigenvalue weighted by molar-refractivity contribution is -0.388. The molecule has 2 aromatic rings. The van der Waals surface area contributed by atoms with Crippen molar-refractivity contribution in [3.05, 3.63) is 58.1 Å². The van der Waals surface area contributed by atoms with Gasteiger partial charge < -0.3 is 20.5 Å². The van der Waals surface area contributed by atoms with Crippen LogP contribution in [0.1, 0.15) is 12.5 Å². The van der Waals surface area contributed by atoms with Crippen LogP contribution in [0.25, 0.3) is 0 Å². The third-order valence-corrected chi connectivity index (χ3v) is 4.53. The predicted octanol–water partition coefficient (Wildman–Crippen LogP) is 3.72. The minimum atomic E-state index is -5.02. The molecule has 0 aliphatic heterocycles. The zero-order valence-electron chi connectivity index (χ0n) is 16.4. The van der Waals surface area contributed by atoms with E-state index in [-0.39, 0.29) is 22.7 Å². The molecule has 3 N–H and O–H groups in total. The van der Waals surface area contributed by atoms with Crippen molar-refractivity contribution in [1.82, 2.24) is 0 Å². The monoisotopic (exact) mass is 519 g/mol. The van der Waals surface area contributed by atoms with Crippen molar-refractivity contribution in [2.75, 3.05) is 22.6 Å². The quantitative estimate of drug-likeness (QED) is 0.276. The van der Waals surface area contributed by atoms with E-state index in [1.165, 1.54) is 24.3 Å². The summed E-state index contributed by atoms with van der Waals surface area (Å²) in [4.78, 5) is 33.3. The Morgan fingerprint density at radius 2 is 1.72 bits per heavy atom. The van der Waals surface area contributed by atoms with E-state index in [1.54, 1.807) is 0 Å². The summed E-state index contributed by atoms with van der Waals surface area (Å²) < 4.78 is 44.6. The summed E-state index contributed by atoms with van der Waals surface area (Å²) >= 11 is 3.01. The van der Waals surface area contributed by atoms with E-state index in [1.807, 2.05) is 0 Å². The summed E-state index contributed by atoms with van der Waals surface area (Å²) in [5.74, 6) is -1.09. The van der Waals surface area contributed by atoms with Gasteiger partial charge >= 0.3 is 6.18 Å². The maximum absolute atomic E-state index is 13.1. The number of carbonyl (C=O) groups is 2. The van der Waals surface area contributed by atoms with Crippen molar-refractivity contribution in [2.24, 2.45) is 0 Å². The summed E-state index contributed by atoms with van der Waals surface area (Å²) in [5.41, 5.74) is -4.75. The van der Waals surface area contributed by atoms with Gasteiger partial charge in [0, 0.05) is 17.4 Å². The maximum atomic E-state index is 13.1. The molecule has 0 saturated carbocycles. The number of nitrogens with one attached hydrogen (secondary N) is 2. The molecule has 9 nitrogen and oxygen atoms in total. The Balaban J connectivity index is 2.06. The molecule has 1 atom stereocenters. The Bertz CT molecular complexity index is 1010. The smallest absolute Gasteiger partial charge is 0.423 e. The second-order valence-electron chi connectivity index (χ2n) is 6.71. The summed E-state index contributed by atoms with van der Waals surface area (Å²) in [7, 11) is 0. The third kappa shape index (κ3) is 6.65. The third-order valence-electron chi connectivity index (χ3n) is 4.03. The van der Waals surface area contributed by atoms with Crippen LogP contribution in [0.15, 0.2) is 42.5 Å². The van der Waals surface area contributed by atoms with E-state index in [2.05, 4.69) is 26.6 Å². The fraction of sp³-hybridized carbons (Fsp3) is 0.263. The van der Waals surface area contributed by atoms with E-state index >= 15 is 0 Å². The Morgan fingerprint density at radius 3 is 2.25 bits per heavy atom. The lowest BCUT2D eigenvalue weighted by Crippen LogP contribution is -2.45. The Labute approximate surface area is 187 Å². The molecule has 0 aromatic heterocycles. The molecule has 13 heteroatoms. The van der Waals surface area contributed by atoms with Crippen molar-refractivity contribution in [1.29, 1.82) is 0 Å². The molecule has 0 saturated heterocycles. The lowest BCUT2D eigenvalue weighted by Gasteiger charge is -2.23. The lowest BCUT2D eigenvalue weighted by atomic mass is 10.1. The van der Waals surface area contributed by atoms with Crippen LogP contribution in [-0.4, -0.2) is 39.4 Å². The Morgan fingerprint density at radius 1 is 1.12 bits per heavy atom. The number of ether oxygens (including phenoxy) is 1. The first-order valence-electron chi connectivity index (χ1n) is 8.81. The van der Waals surface area contributed by atoms with Crippen LogP contribution in [-0.2, 0) is 15.8 Å². The number of nitro groups is 1. The van der Waals surface area contributed by atoms with Crippen LogP contribution in [0.2, 0.25) is 0 Å². The molecule has 0 heterocycles. The summed E-state index contributed by atoms with van der Waals surface area (Å²) in [6.45, 7) is 0.536. The molecule has 0 aliphatic rings. The van der Waals surface area contributed by atoms with Gasteiger partial charge in [0.2, 0.25) is 5.91 Å². The SMILES string of the molecule is C[C@](O)(COc1ccc(NC(=O)CBr)cc1)C(=O)Nc1ccc([N+](=O)[O-])c(C(F)(F)F)c1. The number of halogens is 4. The molecule has 2 amide bonds. The number of nitro benzene ring substituents is 1. The summed E-state index contributed by atoms with van der Waals surface area (Å²) in [6.07, 6.45) is -5.02. The molecule has 0 spiro atoms. The maximum Gasteiger partial charge on any atom is 0.423 e. The average Bonchev–Trinajstić information content (AvgIpc) is 2.72. The standard InChI is InChI=1S/C19H17BrF3N3O6/c1-18(29,10-32-13-5-2-11(3-6-13)24-16(27)9-20)17(28)25-12-4-7-15(26(30)31)14(8-12)19(21,22)23/h2-8,29H,9-10H2,1H3,(H,24,27)(H,25,28)/t18-/m0/s1. The van der Waals surface area contributed by atoms with Crippen LogP contribution >= 0.6 is 15.9 Å². The molecule has 32 heavy (non-hydrogen) atoms. The Kier molecular flexibility index (Phi) is 7.80. The van der Waals surface area contributed by atoms with Gasteiger partial charge in [-0.3, -0.25) is 19.7 Å². The van der Waals surface area contributed by atoms with Gasteiger partial charge in [-0.25, -0.2) is 0 Å². The number of amides is 2. The van der Waals surface area contributed by atoms with Crippen molar-refractivity contribution < 1.29 is 37.5 Å². The highest BCUT2D eigenvalue weighted by molar-refractivity contribution is 9.09. The van der Waals surface area contributed by atoms with Crippen LogP contribution in [0, 0.1) is 10.1 Å². The highest BCUT2D eigenvalue weighted by atomic mass is 79.9. The number of carbonyl (C=O) groups excluding carboxylic acids is 2. The van der Waals surface area contributed by atoms with E-state index in [4.69, 9.17) is 4.74 Å². The van der Waals surface area contributed by atoms with Gasteiger partial charge in [-0.1, -0.05) is 15.9 Å². The van der Waals surface area contributed by atoms with Crippen molar-refractivity contribution >= 4 is 44.8 Å². The predicted molar refractivity (Wildman–Crippen MR) is 112 cm³/mol. The van der Waals surface area contributed by atoms with Gasteiger partial charge in [0.15, 0.2) is 5.60 Å². The number of aliphatic hydroxyl groups is 1. The van der Waals surface area contributed by atoms with Crippen molar-refractivity contribution in [3.8, 4) is 5.75 Å². The summed E-state index contributed by atoms with van der Waals surface area (Å²) in [6, 6.07) is 7.95. The second-order valence-corrected chi connectivity index (χ2v) is 7.27. The van der Waals surface area contributed by atoms with Gasteiger partial charge in [-0.05, 0) is 43.3 Å². The largest absolute Gasteiger partial charge is 0.490 e. The number of benzene rings is 2. The molecule has 0 unspecified atom stereocenters. The topological polar surface area (TPSA) is 131 Å². The fourth-order valence-corrected chi connectivity index (χ4v) is 2.52. The first kappa shape index (κ1) is 25.1. The summed E-state index contributed by atoms with van der Waals surface area (Å²) in [5, 5.41) is 26.0. The van der Waals surface area contributed by atoms with Crippen LogP contribution in [0.4, 0.5) is 30.2 Å². The van der Waals surface area contributed by atoms with E-state index < -0.39 is 40.5 Å². The van der Waals surface area contributed by atoms with E-state index in [0.717, 1.165) is 13.0 Å². The van der Waals surface area contributed by atoms with Crippen LogP contribution < -0.4 is 15.4 Å². The van der Waals surface area contributed by atoms with Gasteiger partial charge in [0.1, 0.15) is 17.9 Å². The van der Waals surface area contributed by atoms with Gasteiger partial charge in [0.25, 0.3) is 11.6 Å².